The average Bonchev–Trinajstić information content (AvgIpc) is 2.85. The van der Waals surface area contributed by atoms with Gasteiger partial charge in [-0.05, 0) is 18.1 Å². The van der Waals surface area contributed by atoms with Gasteiger partial charge in [0.15, 0.2) is 5.17 Å². The number of hydrogen-bond acceptors (Lipinski definition) is 5. The monoisotopic (exact) mass is 332 g/mol. The van der Waals surface area contributed by atoms with E-state index in [1.807, 2.05) is 32.0 Å². The van der Waals surface area contributed by atoms with Crippen LogP contribution in [0.3, 0.4) is 0 Å². The van der Waals surface area contributed by atoms with E-state index in [1.165, 1.54) is 11.8 Å². The van der Waals surface area contributed by atoms with E-state index in [9.17, 15) is 9.59 Å². The number of hydrazone groups is 1. The number of para-hydroxylation sites is 1. The van der Waals surface area contributed by atoms with Gasteiger partial charge in [0, 0.05) is 17.8 Å². The summed E-state index contributed by atoms with van der Waals surface area (Å²) in [6, 6.07) is 9.15. The van der Waals surface area contributed by atoms with Crippen LogP contribution in [0.15, 0.2) is 47.7 Å². The standard InChI is InChI=1S/C16H20N4O2S/c1-10(2)11(3)19-20-16-18-15(22)13(23-16)9-14(21)17-12-7-5-4-6-8-12/h4-8,10,13,19H,3,9H2,1-2H3,(H,17,21)(H,18,20,22)/t13-/m1/s1. The topological polar surface area (TPSA) is 82.6 Å². The number of carbonyl (C=O) groups is 2. The largest absolute Gasteiger partial charge is 0.326 e. The molecule has 1 aromatic rings. The van der Waals surface area contributed by atoms with Gasteiger partial charge in [0.2, 0.25) is 11.8 Å². The Morgan fingerprint density at radius 3 is 2.74 bits per heavy atom. The molecule has 0 spiro atoms. The zero-order chi connectivity index (χ0) is 16.8. The van der Waals surface area contributed by atoms with Gasteiger partial charge < -0.3 is 10.6 Å². The minimum Gasteiger partial charge on any atom is -0.326 e. The van der Waals surface area contributed by atoms with Crippen molar-refractivity contribution in [2.24, 2.45) is 11.0 Å². The maximum Gasteiger partial charge on any atom is 0.240 e. The van der Waals surface area contributed by atoms with Gasteiger partial charge in [0.1, 0.15) is 5.25 Å². The molecular formula is C16H20N4O2S. The van der Waals surface area contributed by atoms with Crippen LogP contribution in [-0.4, -0.2) is 22.2 Å². The Bertz CT molecular complexity index is 628. The highest BCUT2D eigenvalue weighted by atomic mass is 32.2. The predicted molar refractivity (Wildman–Crippen MR) is 93.8 cm³/mol. The smallest absolute Gasteiger partial charge is 0.240 e. The van der Waals surface area contributed by atoms with Crippen molar-refractivity contribution in [2.45, 2.75) is 25.5 Å². The number of allylic oxidation sites excluding steroid dienone is 1. The fourth-order valence-corrected chi connectivity index (χ4v) is 2.67. The van der Waals surface area contributed by atoms with Crippen molar-refractivity contribution in [3.8, 4) is 0 Å². The molecule has 0 aromatic heterocycles. The SMILES string of the molecule is C=C(N/N=C1\NC(=O)[C@@H](CC(=O)Nc2ccccc2)S1)C(C)C. The lowest BCUT2D eigenvalue weighted by Gasteiger charge is -2.08. The van der Waals surface area contributed by atoms with E-state index in [0.29, 0.717) is 10.9 Å². The molecule has 0 unspecified atom stereocenters. The van der Waals surface area contributed by atoms with E-state index < -0.39 is 5.25 Å². The van der Waals surface area contributed by atoms with Crippen LogP contribution in [0.5, 0.6) is 0 Å². The van der Waals surface area contributed by atoms with E-state index >= 15 is 0 Å². The Hall–Kier alpha value is -2.28. The molecule has 7 heteroatoms. The van der Waals surface area contributed by atoms with Crippen LogP contribution in [0.25, 0.3) is 0 Å². The second-order valence-electron chi connectivity index (χ2n) is 5.42. The molecule has 2 rings (SSSR count). The molecule has 1 atom stereocenters. The van der Waals surface area contributed by atoms with Crippen molar-refractivity contribution < 1.29 is 9.59 Å². The molecule has 1 fully saturated rings. The highest BCUT2D eigenvalue weighted by Crippen LogP contribution is 2.23. The molecule has 0 saturated carbocycles. The van der Waals surface area contributed by atoms with Crippen LogP contribution in [0.4, 0.5) is 5.69 Å². The van der Waals surface area contributed by atoms with Crippen molar-refractivity contribution in [1.82, 2.24) is 10.7 Å². The highest BCUT2D eigenvalue weighted by Gasteiger charge is 2.32. The molecule has 1 aliphatic rings. The number of benzene rings is 1. The Balaban J connectivity index is 1.87. The number of anilines is 1. The minimum atomic E-state index is -0.480. The van der Waals surface area contributed by atoms with Crippen LogP contribution < -0.4 is 16.1 Å². The first kappa shape index (κ1) is 17.1. The molecule has 0 radical (unpaired) electrons. The Morgan fingerprint density at radius 1 is 1.39 bits per heavy atom. The predicted octanol–water partition coefficient (Wildman–Crippen LogP) is 2.28. The lowest BCUT2D eigenvalue weighted by atomic mass is 10.2. The second-order valence-corrected chi connectivity index (χ2v) is 6.61. The molecule has 1 aliphatic heterocycles. The third-order valence-electron chi connectivity index (χ3n) is 3.20. The zero-order valence-electron chi connectivity index (χ0n) is 13.1. The second kappa shape index (κ2) is 7.82. The first-order valence-electron chi connectivity index (χ1n) is 7.30. The van der Waals surface area contributed by atoms with Crippen LogP contribution in [0.2, 0.25) is 0 Å². The van der Waals surface area contributed by atoms with Crippen LogP contribution in [0.1, 0.15) is 20.3 Å². The number of carbonyl (C=O) groups excluding carboxylic acids is 2. The van der Waals surface area contributed by atoms with Gasteiger partial charge in [0.05, 0.1) is 0 Å². The molecule has 1 aromatic carbocycles. The fourth-order valence-electron chi connectivity index (χ4n) is 1.75. The van der Waals surface area contributed by atoms with Crippen molar-refractivity contribution in [1.29, 1.82) is 0 Å². The molecular weight excluding hydrogens is 312 g/mol. The Labute approximate surface area is 139 Å². The van der Waals surface area contributed by atoms with Crippen LogP contribution in [0, 0.1) is 5.92 Å². The van der Waals surface area contributed by atoms with E-state index in [0.717, 1.165) is 5.70 Å². The lowest BCUT2D eigenvalue weighted by molar-refractivity contribution is -0.122. The summed E-state index contributed by atoms with van der Waals surface area (Å²) < 4.78 is 0. The summed E-state index contributed by atoms with van der Waals surface area (Å²) in [6.07, 6.45) is 0.0928. The molecule has 1 saturated heterocycles. The van der Waals surface area contributed by atoms with Crippen molar-refractivity contribution in [3.63, 3.8) is 0 Å². The number of nitrogens with zero attached hydrogens (tertiary/aromatic N) is 1. The summed E-state index contributed by atoms with van der Waals surface area (Å²) in [5.41, 5.74) is 4.29. The summed E-state index contributed by atoms with van der Waals surface area (Å²) >= 11 is 1.24. The third kappa shape index (κ3) is 5.14. The maximum absolute atomic E-state index is 12.0. The van der Waals surface area contributed by atoms with Gasteiger partial charge in [-0.3, -0.25) is 15.0 Å². The number of amides is 2. The number of rotatable bonds is 6. The van der Waals surface area contributed by atoms with Crippen molar-refractivity contribution in [3.05, 3.63) is 42.6 Å². The number of nitrogens with one attached hydrogen (secondary N) is 3. The highest BCUT2D eigenvalue weighted by molar-refractivity contribution is 8.15. The maximum atomic E-state index is 12.0. The van der Waals surface area contributed by atoms with Gasteiger partial charge >= 0.3 is 0 Å². The van der Waals surface area contributed by atoms with E-state index in [4.69, 9.17) is 0 Å². The molecule has 1 heterocycles. The molecule has 3 N–H and O–H groups in total. The van der Waals surface area contributed by atoms with Crippen molar-refractivity contribution >= 4 is 34.4 Å². The normalized spacial score (nSPS) is 18.8. The molecule has 0 aliphatic carbocycles. The van der Waals surface area contributed by atoms with Gasteiger partial charge in [-0.1, -0.05) is 50.4 Å². The van der Waals surface area contributed by atoms with E-state index in [2.05, 4.69) is 27.7 Å². The Kier molecular flexibility index (Phi) is 5.81. The average molecular weight is 332 g/mol. The summed E-state index contributed by atoms with van der Waals surface area (Å²) in [7, 11) is 0. The number of thioether (sulfide) groups is 1. The summed E-state index contributed by atoms with van der Waals surface area (Å²) in [5, 5.41) is 9.50. The molecule has 2 amide bonds. The molecule has 23 heavy (non-hydrogen) atoms. The Morgan fingerprint density at radius 2 is 2.09 bits per heavy atom. The molecule has 0 bridgehead atoms. The van der Waals surface area contributed by atoms with Crippen molar-refractivity contribution in [2.75, 3.05) is 5.32 Å². The number of hydrogen-bond donors (Lipinski definition) is 3. The third-order valence-corrected chi connectivity index (χ3v) is 4.28. The quantitative estimate of drug-likeness (QED) is 0.698. The molecule has 6 nitrogen and oxygen atoms in total. The fraction of sp³-hybridized carbons (Fsp3) is 0.312. The summed E-state index contributed by atoms with van der Waals surface area (Å²) in [6.45, 7) is 7.83. The minimum absolute atomic E-state index is 0.0928. The first-order valence-corrected chi connectivity index (χ1v) is 8.18. The summed E-state index contributed by atoms with van der Waals surface area (Å²) in [4.78, 5) is 23.9. The molecule has 122 valence electrons. The van der Waals surface area contributed by atoms with Crippen LogP contribution >= 0.6 is 11.8 Å². The number of amidine groups is 1. The van der Waals surface area contributed by atoms with Crippen LogP contribution in [-0.2, 0) is 9.59 Å². The van der Waals surface area contributed by atoms with E-state index in [1.54, 1.807) is 12.1 Å². The van der Waals surface area contributed by atoms with Gasteiger partial charge in [-0.15, -0.1) is 0 Å². The first-order chi connectivity index (χ1) is 11.0. The van der Waals surface area contributed by atoms with Gasteiger partial charge in [-0.2, -0.15) is 5.10 Å². The van der Waals surface area contributed by atoms with Gasteiger partial charge in [-0.25, -0.2) is 0 Å². The van der Waals surface area contributed by atoms with Gasteiger partial charge in [0.25, 0.3) is 0 Å². The zero-order valence-corrected chi connectivity index (χ0v) is 13.9. The van der Waals surface area contributed by atoms with E-state index in [-0.39, 0.29) is 24.2 Å². The summed E-state index contributed by atoms with van der Waals surface area (Å²) in [5.74, 6) is -0.174. The lowest BCUT2D eigenvalue weighted by Crippen LogP contribution is -2.28.